The molecule has 2 aliphatic heterocycles. The summed E-state index contributed by atoms with van der Waals surface area (Å²) in [6.07, 6.45) is 2.18. The van der Waals surface area contributed by atoms with Gasteiger partial charge in [0.15, 0.2) is 9.84 Å². The van der Waals surface area contributed by atoms with E-state index in [4.69, 9.17) is 0 Å². The van der Waals surface area contributed by atoms with Crippen molar-refractivity contribution < 1.29 is 22.8 Å². The van der Waals surface area contributed by atoms with Gasteiger partial charge in [0.1, 0.15) is 12.1 Å². The molecule has 8 nitrogen and oxygen atoms in total. The lowest BCUT2D eigenvalue weighted by Crippen LogP contribution is -2.48. The van der Waals surface area contributed by atoms with Gasteiger partial charge in [0.2, 0.25) is 5.91 Å². The first-order valence-corrected chi connectivity index (χ1v) is 9.56. The van der Waals surface area contributed by atoms with E-state index in [9.17, 15) is 22.8 Å². The van der Waals surface area contributed by atoms with Gasteiger partial charge in [-0.15, -0.1) is 0 Å². The van der Waals surface area contributed by atoms with Gasteiger partial charge in [-0.2, -0.15) is 0 Å². The molecule has 1 N–H and O–H groups in total. The summed E-state index contributed by atoms with van der Waals surface area (Å²) in [7, 11) is -1.58. The molecule has 0 aromatic carbocycles. The molecule has 0 unspecified atom stereocenters. The highest BCUT2D eigenvalue weighted by molar-refractivity contribution is 7.91. The van der Waals surface area contributed by atoms with Crippen LogP contribution in [0.25, 0.3) is 0 Å². The van der Waals surface area contributed by atoms with Gasteiger partial charge in [0, 0.05) is 13.1 Å². The number of hydrogen-bond acceptors (Lipinski definition) is 5. The summed E-state index contributed by atoms with van der Waals surface area (Å²) in [6.45, 7) is 1.35. The number of urea groups is 1. The van der Waals surface area contributed by atoms with Gasteiger partial charge >= 0.3 is 6.03 Å². The van der Waals surface area contributed by atoms with Gasteiger partial charge in [-0.3, -0.25) is 14.5 Å². The molecule has 0 bridgehead atoms. The van der Waals surface area contributed by atoms with Crippen molar-refractivity contribution >= 4 is 27.7 Å². The van der Waals surface area contributed by atoms with E-state index in [0.29, 0.717) is 6.42 Å². The second-order valence-corrected chi connectivity index (χ2v) is 9.09. The van der Waals surface area contributed by atoms with Crippen LogP contribution in [0.1, 0.15) is 26.2 Å². The zero-order chi connectivity index (χ0) is 17.0. The van der Waals surface area contributed by atoms with Crippen LogP contribution in [0, 0.1) is 5.92 Å². The molecule has 0 radical (unpaired) electrons. The largest absolute Gasteiger partial charge is 0.340 e. The molecule has 0 aromatic heterocycles. The first kappa shape index (κ1) is 16.2. The van der Waals surface area contributed by atoms with Crippen LogP contribution in [0.15, 0.2) is 0 Å². The molecule has 2 saturated heterocycles. The molecule has 1 saturated carbocycles. The Hall–Kier alpha value is -1.64. The van der Waals surface area contributed by atoms with Crippen molar-refractivity contribution in [2.45, 2.75) is 37.8 Å². The van der Waals surface area contributed by atoms with Gasteiger partial charge in [-0.1, -0.05) is 0 Å². The van der Waals surface area contributed by atoms with Crippen molar-refractivity contribution in [3.8, 4) is 0 Å². The summed E-state index contributed by atoms with van der Waals surface area (Å²) >= 11 is 0. The predicted octanol–water partition coefficient (Wildman–Crippen LogP) is -0.648. The number of carbonyl (C=O) groups excluding carboxylic acids is 3. The van der Waals surface area contributed by atoms with Crippen molar-refractivity contribution in [2.24, 2.45) is 5.92 Å². The van der Waals surface area contributed by atoms with Crippen LogP contribution in [-0.2, 0) is 19.4 Å². The third-order valence-electron chi connectivity index (χ3n) is 5.14. The molecule has 2 heterocycles. The van der Waals surface area contributed by atoms with E-state index in [1.807, 2.05) is 0 Å². The Kier molecular flexibility index (Phi) is 3.66. The van der Waals surface area contributed by atoms with Crippen molar-refractivity contribution in [3.63, 3.8) is 0 Å². The van der Waals surface area contributed by atoms with Gasteiger partial charge < -0.3 is 10.2 Å². The molecule has 128 valence electrons. The summed E-state index contributed by atoms with van der Waals surface area (Å²) < 4.78 is 23.0. The van der Waals surface area contributed by atoms with Crippen molar-refractivity contribution in [1.29, 1.82) is 0 Å². The smallest absolute Gasteiger partial charge is 0.325 e. The van der Waals surface area contributed by atoms with E-state index in [1.54, 1.807) is 6.92 Å². The number of sulfone groups is 1. The topological polar surface area (TPSA) is 104 Å². The molecule has 0 spiro atoms. The lowest BCUT2D eigenvalue weighted by Gasteiger charge is -2.25. The zero-order valence-electron chi connectivity index (χ0n) is 13.2. The standard InChI is InChI=1S/C14H21N3O5S/c1-14(9-3-4-9)12(19)17(13(20)15-14)7-11(18)16(2)10-5-6-23(21,22)8-10/h9-10H,3-8H2,1-2H3,(H,15,20)/t10-,14-/m0/s1. The molecule has 0 aromatic rings. The van der Waals surface area contributed by atoms with Gasteiger partial charge in [0.25, 0.3) is 5.91 Å². The molecule has 23 heavy (non-hydrogen) atoms. The molecular weight excluding hydrogens is 322 g/mol. The second kappa shape index (κ2) is 5.19. The van der Waals surface area contributed by atoms with Crippen LogP contribution in [0.3, 0.4) is 0 Å². The Balaban J connectivity index is 1.66. The highest BCUT2D eigenvalue weighted by atomic mass is 32.2. The third kappa shape index (κ3) is 2.82. The normalized spacial score (nSPS) is 33.0. The number of imide groups is 1. The second-order valence-electron chi connectivity index (χ2n) is 6.86. The average Bonchev–Trinajstić information content (AvgIpc) is 3.23. The lowest BCUT2D eigenvalue weighted by molar-refractivity contribution is -0.139. The fourth-order valence-corrected chi connectivity index (χ4v) is 5.10. The van der Waals surface area contributed by atoms with E-state index < -0.39 is 27.3 Å². The van der Waals surface area contributed by atoms with Gasteiger partial charge in [-0.25, -0.2) is 13.2 Å². The Labute approximate surface area is 135 Å². The van der Waals surface area contributed by atoms with Crippen LogP contribution in [0.2, 0.25) is 0 Å². The zero-order valence-corrected chi connectivity index (χ0v) is 14.1. The Morgan fingerprint density at radius 1 is 1.35 bits per heavy atom. The molecule has 2 atom stereocenters. The van der Waals surface area contributed by atoms with E-state index >= 15 is 0 Å². The molecule has 3 rings (SSSR count). The van der Waals surface area contributed by atoms with E-state index in [2.05, 4.69) is 5.32 Å². The van der Waals surface area contributed by atoms with Gasteiger partial charge in [0.05, 0.1) is 11.5 Å². The number of rotatable bonds is 4. The Morgan fingerprint density at radius 2 is 2.00 bits per heavy atom. The first-order chi connectivity index (χ1) is 10.6. The highest BCUT2D eigenvalue weighted by Crippen LogP contribution is 2.42. The van der Waals surface area contributed by atoms with E-state index in [0.717, 1.165) is 17.7 Å². The van der Waals surface area contributed by atoms with Crippen LogP contribution in [0.5, 0.6) is 0 Å². The summed E-state index contributed by atoms with van der Waals surface area (Å²) in [5.74, 6) is -0.647. The van der Waals surface area contributed by atoms with Crippen molar-refractivity contribution in [1.82, 2.24) is 15.1 Å². The fraction of sp³-hybridized carbons (Fsp3) is 0.786. The van der Waals surface area contributed by atoms with Crippen molar-refractivity contribution in [2.75, 3.05) is 25.1 Å². The summed E-state index contributed by atoms with van der Waals surface area (Å²) in [5, 5.41) is 2.69. The minimum atomic E-state index is -3.10. The van der Waals surface area contributed by atoms with Crippen LogP contribution in [0.4, 0.5) is 4.79 Å². The number of likely N-dealkylation sites (N-methyl/N-ethyl adjacent to an activating group) is 1. The SMILES string of the molecule is CN(C(=O)CN1C(=O)N[C@@](C)(C2CC2)C1=O)[C@H]1CCS(=O)(=O)C1. The summed E-state index contributed by atoms with van der Waals surface area (Å²) in [5.41, 5.74) is -0.910. The predicted molar refractivity (Wildman–Crippen MR) is 81.2 cm³/mol. The summed E-state index contributed by atoms with van der Waals surface area (Å²) in [4.78, 5) is 39.2. The van der Waals surface area contributed by atoms with Gasteiger partial charge in [-0.05, 0) is 32.1 Å². The molecule has 1 aliphatic carbocycles. The molecular formula is C14H21N3O5S. The Morgan fingerprint density at radius 3 is 2.52 bits per heavy atom. The quantitative estimate of drug-likeness (QED) is 0.683. The lowest BCUT2D eigenvalue weighted by atomic mass is 9.96. The highest BCUT2D eigenvalue weighted by Gasteiger charge is 2.56. The number of nitrogens with zero attached hydrogens (tertiary/aromatic N) is 2. The maximum absolute atomic E-state index is 12.5. The van der Waals surface area contributed by atoms with Crippen molar-refractivity contribution in [3.05, 3.63) is 0 Å². The molecule has 4 amide bonds. The number of amides is 4. The average molecular weight is 343 g/mol. The Bertz CT molecular complexity index is 672. The number of hydrogen-bond donors (Lipinski definition) is 1. The first-order valence-electron chi connectivity index (χ1n) is 7.74. The van der Waals surface area contributed by atoms with Crippen LogP contribution < -0.4 is 5.32 Å². The van der Waals surface area contributed by atoms with Crippen LogP contribution >= 0.6 is 0 Å². The fourth-order valence-electron chi connectivity index (χ4n) is 3.33. The number of carbonyl (C=O) groups is 3. The minimum absolute atomic E-state index is 0.0603. The molecule has 3 fully saturated rings. The third-order valence-corrected chi connectivity index (χ3v) is 6.89. The van der Waals surface area contributed by atoms with Crippen LogP contribution in [-0.4, -0.2) is 72.7 Å². The molecule has 3 aliphatic rings. The minimum Gasteiger partial charge on any atom is -0.340 e. The summed E-state index contributed by atoms with van der Waals surface area (Å²) in [6, 6.07) is -0.937. The monoisotopic (exact) mass is 343 g/mol. The van der Waals surface area contributed by atoms with E-state index in [1.165, 1.54) is 11.9 Å². The van der Waals surface area contributed by atoms with E-state index in [-0.39, 0.29) is 35.9 Å². The maximum atomic E-state index is 12.5. The molecule has 9 heteroatoms. The maximum Gasteiger partial charge on any atom is 0.325 e. The number of nitrogens with one attached hydrogen (secondary N) is 1.